The van der Waals surface area contributed by atoms with E-state index in [0.29, 0.717) is 16.8 Å². The number of nitrogens with zero attached hydrogens (tertiary/aromatic N) is 1. The molecule has 0 atom stereocenters. The highest BCUT2D eigenvalue weighted by molar-refractivity contribution is 9.10. The van der Waals surface area contributed by atoms with Gasteiger partial charge in [0.1, 0.15) is 6.73 Å². The second-order valence-corrected chi connectivity index (χ2v) is 12.0. The topological polar surface area (TPSA) is 60.7 Å². The summed E-state index contributed by atoms with van der Waals surface area (Å²) < 4.78 is 12.8. The molecule has 19 heavy (non-hydrogen) atoms. The van der Waals surface area contributed by atoms with Crippen molar-refractivity contribution in [3.63, 3.8) is 0 Å². The van der Waals surface area contributed by atoms with E-state index >= 15 is 0 Å². The van der Waals surface area contributed by atoms with Crippen LogP contribution in [0.4, 0.5) is 0 Å². The van der Waals surface area contributed by atoms with E-state index in [9.17, 15) is 9.90 Å². The Bertz CT molecular complexity index is 453. The first-order valence-electron chi connectivity index (χ1n) is 6.00. The van der Waals surface area contributed by atoms with Gasteiger partial charge in [0.05, 0.1) is 11.6 Å². The molecule has 0 aliphatic carbocycles. The van der Waals surface area contributed by atoms with E-state index in [4.69, 9.17) is 9.47 Å². The van der Waals surface area contributed by atoms with Gasteiger partial charge >= 0.3 is 5.97 Å². The number of aromatic carboxylic acids is 1. The average Bonchev–Trinajstić information content (AvgIpc) is 2.59. The fourth-order valence-corrected chi connectivity index (χ4v) is 2.91. The SMILES string of the molecule is COc1c(Br)cn(COCC[Si](C)(C)C)c1C(=O)O. The molecule has 0 bridgehead atoms. The van der Waals surface area contributed by atoms with Gasteiger partial charge in [0.15, 0.2) is 11.4 Å². The van der Waals surface area contributed by atoms with Crippen LogP contribution in [0.1, 0.15) is 10.5 Å². The summed E-state index contributed by atoms with van der Waals surface area (Å²) in [5, 5.41) is 9.21. The van der Waals surface area contributed by atoms with Crippen molar-refractivity contribution in [2.24, 2.45) is 0 Å². The summed E-state index contributed by atoms with van der Waals surface area (Å²) >= 11 is 3.28. The quantitative estimate of drug-likeness (QED) is 0.606. The summed E-state index contributed by atoms with van der Waals surface area (Å²) in [5.74, 6) is -0.711. The second-order valence-electron chi connectivity index (χ2n) is 5.48. The summed E-state index contributed by atoms with van der Waals surface area (Å²) in [6.07, 6.45) is 1.66. The first-order chi connectivity index (χ1) is 8.76. The number of carbonyl (C=O) groups is 1. The van der Waals surface area contributed by atoms with Gasteiger partial charge in [-0.3, -0.25) is 0 Å². The lowest BCUT2D eigenvalue weighted by atomic mass is 10.4. The minimum absolute atomic E-state index is 0.0994. The minimum atomic E-state index is -1.13. The number of hydrogen-bond acceptors (Lipinski definition) is 3. The molecule has 0 fully saturated rings. The van der Waals surface area contributed by atoms with Crippen LogP contribution in [-0.2, 0) is 11.5 Å². The highest BCUT2D eigenvalue weighted by Gasteiger charge is 2.21. The van der Waals surface area contributed by atoms with Gasteiger partial charge in [-0.1, -0.05) is 19.6 Å². The molecule has 1 heterocycles. The summed E-state index contributed by atoms with van der Waals surface area (Å²) in [6.45, 7) is 7.68. The van der Waals surface area contributed by atoms with Crippen molar-refractivity contribution in [2.45, 2.75) is 32.4 Å². The van der Waals surface area contributed by atoms with Crippen LogP contribution >= 0.6 is 15.9 Å². The van der Waals surface area contributed by atoms with Crippen molar-refractivity contribution in [3.8, 4) is 5.75 Å². The van der Waals surface area contributed by atoms with E-state index in [1.165, 1.54) is 11.7 Å². The molecular formula is C12H20BrNO4Si. The Morgan fingerprint density at radius 3 is 2.58 bits per heavy atom. The lowest BCUT2D eigenvalue weighted by Crippen LogP contribution is -2.22. The van der Waals surface area contributed by atoms with Gasteiger partial charge in [0, 0.05) is 20.9 Å². The molecule has 0 aliphatic heterocycles. The average molecular weight is 350 g/mol. The number of rotatable bonds is 7. The predicted molar refractivity (Wildman–Crippen MR) is 79.7 cm³/mol. The summed E-state index contributed by atoms with van der Waals surface area (Å²) in [6, 6.07) is 1.05. The smallest absolute Gasteiger partial charge is 0.356 e. The monoisotopic (exact) mass is 349 g/mol. The molecule has 1 N–H and O–H groups in total. The van der Waals surface area contributed by atoms with Crippen molar-refractivity contribution in [3.05, 3.63) is 16.4 Å². The van der Waals surface area contributed by atoms with E-state index in [-0.39, 0.29) is 12.4 Å². The predicted octanol–water partition coefficient (Wildman–Crippen LogP) is 3.27. The third-order valence-electron chi connectivity index (χ3n) is 2.62. The van der Waals surface area contributed by atoms with Crippen LogP contribution in [0, 0.1) is 0 Å². The van der Waals surface area contributed by atoms with Gasteiger partial charge in [0.25, 0.3) is 0 Å². The molecule has 0 spiro atoms. The zero-order chi connectivity index (χ0) is 14.6. The van der Waals surface area contributed by atoms with E-state index in [1.54, 1.807) is 6.20 Å². The lowest BCUT2D eigenvalue weighted by Gasteiger charge is -2.16. The Morgan fingerprint density at radius 1 is 1.47 bits per heavy atom. The molecular weight excluding hydrogens is 330 g/mol. The zero-order valence-electron chi connectivity index (χ0n) is 11.7. The fraction of sp³-hybridized carbons (Fsp3) is 0.583. The maximum Gasteiger partial charge on any atom is 0.356 e. The maximum atomic E-state index is 11.2. The van der Waals surface area contributed by atoms with Crippen LogP contribution in [0.2, 0.25) is 25.7 Å². The van der Waals surface area contributed by atoms with Gasteiger partial charge in [-0.25, -0.2) is 4.79 Å². The number of methoxy groups -OCH3 is 1. The van der Waals surface area contributed by atoms with Crippen LogP contribution in [0.15, 0.2) is 10.7 Å². The molecule has 7 heteroatoms. The van der Waals surface area contributed by atoms with Crippen LogP contribution < -0.4 is 4.74 Å². The van der Waals surface area contributed by atoms with Crippen molar-refractivity contribution in [1.82, 2.24) is 4.57 Å². The highest BCUT2D eigenvalue weighted by Crippen LogP contribution is 2.31. The van der Waals surface area contributed by atoms with Gasteiger partial charge in [-0.2, -0.15) is 0 Å². The Labute approximate surface area is 122 Å². The van der Waals surface area contributed by atoms with Crippen LogP contribution in [0.25, 0.3) is 0 Å². The number of carboxylic acids is 1. The molecule has 0 saturated carbocycles. The number of ether oxygens (including phenoxy) is 2. The molecule has 1 aromatic heterocycles. The molecule has 0 saturated heterocycles. The third kappa shape index (κ3) is 4.66. The number of carboxylic acid groups (broad SMARTS) is 1. The van der Waals surface area contributed by atoms with Gasteiger partial charge in [-0.05, 0) is 22.0 Å². The van der Waals surface area contributed by atoms with E-state index < -0.39 is 14.0 Å². The molecule has 0 amide bonds. The molecule has 5 nitrogen and oxygen atoms in total. The second kappa shape index (κ2) is 6.58. The van der Waals surface area contributed by atoms with E-state index in [0.717, 1.165) is 6.04 Å². The molecule has 108 valence electrons. The Kier molecular flexibility index (Phi) is 5.63. The maximum absolute atomic E-state index is 11.2. The third-order valence-corrected chi connectivity index (χ3v) is 4.89. The Balaban J connectivity index is 2.71. The first kappa shape index (κ1) is 16.3. The van der Waals surface area contributed by atoms with Crippen molar-refractivity contribution in [1.29, 1.82) is 0 Å². The molecule has 0 radical (unpaired) electrons. The fourth-order valence-electron chi connectivity index (χ4n) is 1.56. The van der Waals surface area contributed by atoms with E-state index in [2.05, 4.69) is 35.6 Å². The van der Waals surface area contributed by atoms with E-state index in [1.807, 2.05) is 0 Å². The normalized spacial score (nSPS) is 11.6. The van der Waals surface area contributed by atoms with Gasteiger partial charge < -0.3 is 19.1 Å². The van der Waals surface area contributed by atoms with Crippen LogP contribution in [-0.4, -0.2) is 37.4 Å². The van der Waals surface area contributed by atoms with Gasteiger partial charge in [0.2, 0.25) is 0 Å². The standard InChI is InChI=1S/C12H20BrNO4Si/c1-17-11-9(13)7-14(10(11)12(15)16)8-18-5-6-19(2,3)4/h7H,5-6,8H2,1-4H3,(H,15,16). The summed E-state index contributed by atoms with van der Waals surface area (Å²) in [7, 11) is 0.319. The summed E-state index contributed by atoms with van der Waals surface area (Å²) in [4.78, 5) is 11.2. The lowest BCUT2D eigenvalue weighted by molar-refractivity contribution is 0.0617. The molecule has 1 aromatic rings. The van der Waals surface area contributed by atoms with Crippen molar-refractivity contribution >= 4 is 30.0 Å². The number of aromatic nitrogens is 1. The number of hydrogen-bond donors (Lipinski definition) is 1. The first-order valence-corrected chi connectivity index (χ1v) is 10.5. The van der Waals surface area contributed by atoms with Crippen LogP contribution in [0.5, 0.6) is 5.75 Å². The number of halogens is 1. The van der Waals surface area contributed by atoms with Crippen molar-refractivity contribution in [2.75, 3.05) is 13.7 Å². The molecule has 0 aromatic carbocycles. The molecule has 0 unspecified atom stereocenters. The largest absolute Gasteiger partial charge is 0.493 e. The molecule has 0 aliphatic rings. The van der Waals surface area contributed by atoms with Crippen LogP contribution in [0.3, 0.4) is 0 Å². The zero-order valence-corrected chi connectivity index (χ0v) is 14.3. The highest BCUT2D eigenvalue weighted by atomic mass is 79.9. The Morgan fingerprint density at radius 2 is 2.11 bits per heavy atom. The minimum Gasteiger partial charge on any atom is -0.493 e. The van der Waals surface area contributed by atoms with Gasteiger partial charge in [-0.15, -0.1) is 0 Å². The Hall–Kier alpha value is -0.793. The summed E-state index contributed by atoms with van der Waals surface area (Å²) in [5.41, 5.74) is 0.0994. The molecule has 1 rings (SSSR count). The van der Waals surface area contributed by atoms with Crippen molar-refractivity contribution < 1.29 is 19.4 Å².